The fourth-order valence-corrected chi connectivity index (χ4v) is 18.3. The number of anilines is 2. The van der Waals surface area contributed by atoms with Gasteiger partial charge in [-0.3, -0.25) is 50.6 Å². The van der Waals surface area contributed by atoms with Gasteiger partial charge in [0.25, 0.3) is 0 Å². The van der Waals surface area contributed by atoms with E-state index in [1.807, 2.05) is 42.0 Å². The van der Waals surface area contributed by atoms with Crippen molar-refractivity contribution in [2.75, 3.05) is 37.1 Å². The molecule has 0 amide bonds. The summed E-state index contributed by atoms with van der Waals surface area (Å²) in [6.07, 6.45) is 21.3. The normalized spacial score (nSPS) is 21.6. The molecule has 52 heteroatoms. The van der Waals surface area contributed by atoms with E-state index in [1.165, 1.54) is 50.1 Å². The number of hydrogen-bond donors (Lipinski definition) is 10. The number of hydrogen-bond acceptors (Lipinski definition) is 36. The van der Waals surface area contributed by atoms with Crippen molar-refractivity contribution in [3.05, 3.63) is 272 Å². The largest absolute Gasteiger partial charge is 0.448 e. The van der Waals surface area contributed by atoms with Crippen LogP contribution in [0.5, 0.6) is 0 Å². The molecule has 16 rings (SSSR count). The molecular formula is C84H94BrClF2N22O22S4. The molecule has 12 aromatic rings. The first kappa shape index (κ1) is 102. The number of nitrogens with zero attached hydrogens (tertiary/aromatic N) is 16. The number of halogens is 4. The van der Waals surface area contributed by atoms with Gasteiger partial charge >= 0.3 is 41.2 Å². The average Bonchev–Trinajstić information content (AvgIpc) is 1.66. The number of nitrogens with one attached hydrogen (secondary N) is 2. The van der Waals surface area contributed by atoms with Gasteiger partial charge < -0.3 is 53.7 Å². The molecular weight excluding hydrogens is 1950 g/mol. The van der Waals surface area contributed by atoms with Crippen LogP contribution in [0.3, 0.4) is 0 Å². The molecule has 12 heterocycles. The zero-order valence-corrected chi connectivity index (χ0v) is 77.9. The van der Waals surface area contributed by atoms with Gasteiger partial charge in [-0.25, -0.2) is 69.2 Å². The molecule has 0 unspecified atom stereocenters. The molecule has 12 aromatic heterocycles. The summed E-state index contributed by atoms with van der Waals surface area (Å²) in [7, 11) is -16.6. The lowest BCUT2D eigenvalue weighted by Gasteiger charge is -2.18. The van der Waals surface area contributed by atoms with Gasteiger partial charge in [0.05, 0.1) is 122 Å². The molecule has 0 saturated heterocycles. The summed E-state index contributed by atoms with van der Waals surface area (Å²) >= 11 is 9.19. The monoisotopic (exact) mass is 2040 g/mol. The zero-order valence-electron chi connectivity index (χ0n) is 72.3. The quantitative estimate of drug-likeness (QED) is 0.0236. The lowest BCUT2D eigenvalue weighted by molar-refractivity contribution is 0.0499. The summed E-state index contributed by atoms with van der Waals surface area (Å²) in [5, 5.41) is 74.5. The third-order valence-corrected chi connectivity index (χ3v) is 25.2. The third-order valence-electron chi connectivity index (χ3n) is 22.7. The van der Waals surface area contributed by atoms with Crippen LogP contribution in [0.1, 0.15) is 148 Å². The molecule has 0 spiro atoms. The summed E-state index contributed by atoms with van der Waals surface area (Å²) in [4.78, 5) is 93.9. The lowest BCUT2D eigenvalue weighted by atomic mass is 9.95. The van der Waals surface area contributed by atoms with Gasteiger partial charge in [0.2, 0.25) is 5.78 Å². The molecule has 0 bridgehead atoms. The number of aromatic nitrogens is 16. The predicted molar refractivity (Wildman–Crippen MR) is 481 cm³/mol. The number of aliphatic hydroxyl groups is 4. The lowest BCUT2D eigenvalue weighted by Crippen LogP contribution is -2.33. The number of pyridine rings is 2. The van der Waals surface area contributed by atoms with E-state index in [9.17, 15) is 82.1 Å². The number of carbonyl (C=O) groups is 4. The van der Waals surface area contributed by atoms with Crippen molar-refractivity contribution in [1.29, 1.82) is 0 Å². The van der Waals surface area contributed by atoms with Gasteiger partial charge in [-0.1, -0.05) is 11.2 Å². The Labute approximate surface area is 790 Å². The van der Waals surface area contributed by atoms with Crippen molar-refractivity contribution in [3.8, 4) is 0 Å². The fourth-order valence-electron chi connectivity index (χ4n) is 16.3. The van der Waals surface area contributed by atoms with E-state index < -0.39 is 121 Å². The van der Waals surface area contributed by atoms with Crippen LogP contribution in [0.2, 0.25) is 5.22 Å². The molecule has 4 aliphatic rings. The highest BCUT2D eigenvalue weighted by Crippen LogP contribution is 2.39. The zero-order chi connectivity index (χ0) is 97.5. The number of aryl methyl sites for hydroxylation is 2. The molecule has 0 aliphatic heterocycles. The van der Waals surface area contributed by atoms with E-state index >= 15 is 0 Å². The highest BCUT2D eigenvalue weighted by molar-refractivity contribution is 9.10. The summed E-state index contributed by atoms with van der Waals surface area (Å²) in [5.74, 6) is -2.16. The van der Waals surface area contributed by atoms with Gasteiger partial charge in [-0.15, -0.1) is 0 Å². The highest BCUT2D eigenvalue weighted by Gasteiger charge is 2.46. The smallest absolute Gasteiger partial charge is 0.333 e. The topological polar surface area (TPSA) is 652 Å². The highest BCUT2D eigenvalue weighted by atomic mass is 79.9. The molecule has 0 aromatic carbocycles. The van der Waals surface area contributed by atoms with Gasteiger partial charge in [0.15, 0.2) is 22.6 Å². The molecule has 4 aliphatic carbocycles. The number of carbonyl (C=O) groups excluding carboxylic acids is 4. The van der Waals surface area contributed by atoms with Gasteiger partial charge in [0, 0.05) is 144 Å². The van der Waals surface area contributed by atoms with Crippen molar-refractivity contribution in [3.63, 3.8) is 0 Å². The van der Waals surface area contributed by atoms with Gasteiger partial charge in [-0.05, 0) is 165 Å². The van der Waals surface area contributed by atoms with E-state index in [1.54, 1.807) is 113 Å². The van der Waals surface area contributed by atoms with Crippen molar-refractivity contribution < 1.29 is 108 Å². The Morgan fingerprint density at radius 2 is 0.963 bits per heavy atom. The summed E-state index contributed by atoms with van der Waals surface area (Å²) < 4.78 is 154. The van der Waals surface area contributed by atoms with Crippen molar-refractivity contribution >= 4 is 104 Å². The average molecular weight is 2050 g/mol. The second-order valence-electron chi connectivity index (χ2n) is 32.9. The number of nitrogens with two attached hydrogens (primary N) is 4. The summed E-state index contributed by atoms with van der Waals surface area (Å²) in [6, 6.07) is 17.6. The molecule has 44 nitrogen and oxygen atoms in total. The minimum absolute atomic E-state index is 0.00418. The number of aliphatic hydroxyl groups excluding tert-OH is 4. The number of furan rings is 1. The van der Waals surface area contributed by atoms with Crippen LogP contribution in [-0.2, 0) is 97.0 Å². The van der Waals surface area contributed by atoms with E-state index in [0.29, 0.717) is 121 Å². The molecule has 4 saturated carbocycles. The van der Waals surface area contributed by atoms with E-state index in [0.717, 1.165) is 21.4 Å². The number of alkyl halides is 2. The first-order valence-electron chi connectivity index (χ1n) is 41.8. The SMILES string of the molecule is Cc1cc(Cn2ccc(C(=O)c3cncnc3N[C@@H]3C[C@H](COS(N)(=O)=O)[C@@H](O)[C@@H]3F)c2)no1.Cc1cccc(Cn2ccc(C(=O)c3cncnc3C[C@@H]3C[C@H](COS(N)(=O)=O)[C@@H](O)C3)n2)n1.NS(=O)(=O)OC[C@H]1C[C@@H](Cc2ncncc2C(=O)c2ccn(Cc3cncc(Br)c3)c2)C[C@@H]1O.NS(=O)(=O)OC[C@H]1C[C@@H](Nc2ncncc2C(=O)c2ccn(Cc3ccc(Cl)o3)c2)[C@@H](F)[C@@H]1O. The Balaban J connectivity index is 0.000000153. The molecule has 4 fully saturated rings. The maximum absolute atomic E-state index is 14.7. The maximum Gasteiger partial charge on any atom is 0.333 e. The van der Waals surface area contributed by atoms with Crippen molar-refractivity contribution in [2.24, 2.45) is 56.1 Å². The van der Waals surface area contributed by atoms with Crippen molar-refractivity contribution in [2.45, 2.75) is 140 Å². The standard InChI is InChI=1S/C22H24BrN5O5S.C22H26N6O5S.C20H21ClFN5O6S.C20H23FN6O6S/c23-18-4-15(7-25-8-18)10-28-2-1-16(11-28)22(30)19-9-26-13-27-20(19)5-14-3-17(21(29)6-14)12-33-34(24,31)32;1-14-3-2-4-17(26-14)11-28-6-5-19(27-28)22(30)18-10-24-13-25-20(18)8-15-7-16(21(29)9-15)12-33-34(23,31)32;21-16-2-1-13(33-16)8-27-4-3-11(7-27)18(28)14-6-24-10-25-20(14)26-15-5-12(19(29)17(15)22)9-32-34(23,30)31;1-11-4-14(26-33-11)8-27-3-2-12(7-27)18(28)15-6-23-10-24-20(15)25-16-5-13(19(29)17(16)21)9-32-34(22,30)31/h1-2,4,7-9,11,13-14,17,21,29H,3,5-6,10,12H2,(H2,24,31,32);2-6,10,13,15-16,21,29H,7-9,11-12H2,1H3,(H2,23,31,32);1-4,6-7,10,12,15,17,19,29H,5,8-9H2,(H2,23,30,31)(H,24,25,26);2-4,6-7,10,13,16-17,19,29H,5,8-9H2,1H3,(H2,22,30,31)(H,23,24,25)/t14-,17+,21-;15-,16+,21-;12-,15-,17-,19-;13-,16-,17-,19-/m0011/s1. The molecule has 14 N–H and O–H groups in total. The van der Waals surface area contributed by atoms with E-state index in [4.69, 9.17) is 41.1 Å². The minimum atomic E-state index is -4.23. The Hall–Kier alpha value is -11.6. The first-order chi connectivity index (χ1) is 64.6. The molecule has 724 valence electrons. The van der Waals surface area contributed by atoms with Crippen molar-refractivity contribution in [1.82, 2.24) is 78.5 Å². The van der Waals surface area contributed by atoms with Crippen LogP contribution in [0.25, 0.3) is 0 Å². The molecule has 14 atom stereocenters. The minimum Gasteiger partial charge on any atom is -0.448 e. The Morgan fingerprint density at radius 1 is 0.507 bits per heavy atom. The number of ketones is 4. The van der Waals surface area contributed by atoms with Crippen LogP contribution in [0.4, 0.5) is 20.4 Å². The fraction of sp³-hybridized carbons (Fsp3) is 0.381. The van der Waals surface area contributed by atoms with E-state index in [-0.39, 0.29) is 101 Å². The van der Waals surface area contributed by atoms with Gasteiger partial charge in [0.1, 0.15) is 72.2 Å². The Morgan fingerprint density at radius 3 is 1.42 bits per heavy atom. The maximum atomic E-state index is 14.7. The van der Waals surface area contributed by atoms with E-state index in [2.05, 4.69) is 103 Å². The predicted octanol–water partition coefficient (Wildman–Crippen LogP) is 4.77. The summed E-state index contributed by atoms with van der Waals surface area (Å²) in [5.41, 5.74) is 7.06. The van der Waals surface area contributed by atoms with Crippen LogP contribution in [0, 0.1) is 49.4 Å². The Bertz CT molecular complexity index is 6310. The van der Waals surface area contributed by atoms with Gasteiger partial charge in [-0.2, -0.15) is 38.8 Å². The summed E-state index contributed by atoms with van der Waals surface area (Å²) in [6.45, 7) is 4.19. The number of rotatable bonds is 36. The molecule has 136 heavy (non-hydrogen) atoms. The van der Waals surface area contributed by atoms with Crippen LogP contribution >= 0.6 is 27.5 Å². The van der Waals surface area contributed by atoms with Crippen LogP contribution in [-0.4, -0.2) is 231 Å². The second-order valence-corrected chi connectivity index (χ2v) is 39.1. The van der Waals surface area contributed by atoms with Crippen LogP contribution < -0.4 is 31.2 Å². The third kappa shape index (κ3) is 28.8. The molecule has 0 radical (unpaired) electrons. The second kappa shape index (κ2) is 45.1. The Kier molecular flexibility index (Phi) is 33.8. The first-order valence-corrected chi connectivity index (χ1v) is 48.9. The van der Waals surface area contributed by atoms with Crippen LogP contribution in [0.15, 0.2) is 186 Å².